The summed E-state index contributed by atoms with van der Waals surface area (Å²) < 4.78 is 5.20. The van der Waals surface area contributed by atoms with E-state index in [0.717, 1.165) is 37.2 Å². The fourth-order valence-corrected chi connectivity index (χ4v) is 2.86. The third-order valence-electron chi connectivity index (χ3n) is 4.15. The van der Waals surface area contributed by atoms with Crippen molar-refractivity contribution in [3.63, 3.8) is 0 Å². The Balaban J connectivity index is 1.91. The van der Waals surface area contributed by atoms with Crippen LogP contribution in [0.5, 0.6) is 5.75 Å². The molecule has 1 fully saturated rings. The van der Waals surface area contributed by atoms with Crippen LogP contribution in [-0.2, 0) is 16.0 Å². The lowest BCUT2D eigenvalue weighted by molar-refractivity contribution is -0.133. The molecule has 0 unspecified atom stereocenters. The van der Waals surface area contributed by atoms with Crippen molar-refractivity contribution in [1.29, 1.82) is 0 Å². The first-order valence-electron chi connectivity index (χ1n) is 8.32. The summed E-state index contributed by atoms with van der Waals surface area (Å²) in [4.78, 5) is 28.3. The quantitative estimate of drug-likeness (QED) is 0.835. The Labute approximate surface area is 138 Å². The molecule has 1 saturated heterocycles. The van der Waals surface area contributed by atoms with Gasteiger partial charge in [-0.15, -0.1) is 0 Å². The molecule has 0 radical (unpaired) electrons. The lowest BCUT2D eigenvalue weighted by Crippen LogP contribution is -2.37. The first-order valence-corrected chi connectivity index (χ1v) is 8.32. The highest BCUT2D eigenvalue weighted by Gasteiger charge is 2.21. The van der Waals surface area contributed by atoms with Crippen LogP contribution in [0.25, 0.3) is 0 Å². The van der Waals surface area contributed by atoms with Gasteiger partial charge >= 0.3 is 0 Å². The number of carbonyl (C=O) groups excluding carboxylic acids is 2. The number of nitrogens with zero attached hydrogens (tertiary/aromatic N) is 2. The van der Waals surface area contributed by atoms with E-state index in [4.69, 9.17) is 4.74 Å². The maximum atomic E-state index is 12.5. The first-order chi connectivity index (χ1) is 11.1. The van der Waals surface area contributed by atoms with Crippen LogP contribution in [0, 0.1) is 0 Å². The molecule has 1 aromatic rings. The van der Waals surface area contributed by atoms with E-state index in [1.807, 2.05) is 41.0 Å². The van der Waals surface area contributed by atoms with Crippen LogP contribution in [0.3, 0.4) is 0 Å². The van der Waals surface area contributed by atoms with Crippen LogP contribution in [0.15, 0.2) is 24.3 Å². The van der Waals surface area contributed by atoms with Crippen LogP contribution >= 0.6 is 0 Å². The van der Waals surface area contributed by atoms with Gasteiger partial charge in [0.15, 0.2) is 0 Å². The van der Waals surface area contributed by atoms with Crippen LogP contribution in [0.2, 0.25) is 0 Å². The van der Waals surface area contributed by atoms with Crippen LogP contribution in [0.1, 0.15) is 31.7 Å². The van der Waals surface area contributed by atoms with Crippen LogP contribution < -0.4 is 4.74 Å². The summed E-state index contributed by atoms with van der Waals surface area (Å²) >= 11 is 0. The smallest absolute Gasteiger partial charge is 0.227 e. The SMILES string of the molecule is CCCC(=O)N1CCCN(C(=O)Cc2cccc(OC)c2)CC1. The molecule has 1 aliphatic rings. The highest BCUT2D eigenvalue weighted by Crippen LogP contribution is 2.14. The van der Waals surface area contributed by atoms with Gasteiger partial charge in [-0.05, 0) is 30.5 Å². The normalized spacial score (nSPS) is 15.2. The molecule has 5 heteroatoms. The number of amides is 2. The van der Waals surface area contributed by atoms with Gasteiger partial charge < -0.3 is 14.5 Å². The predicted molar refractivity (Wildman–Crippen MR) is 89.4 cm³/mol. The lowest BCUT2D eigenvalue weighted by atomic mass is 10.1. The molecule has 0 saturated carbocycles. The Kier molecular flexibility index (Phi) is 6.44. The van der Waals surface area contributed by atoms with E-state index in [9.17, 15) is 9.59 Å². The molecule has 2 rings (SSSR count). The van der Waals surface area contributed by atoms with Crippen LogP contribution in [-0.4, -0.2) is 54.9 Å². The van der Waals surface area contributed by atoms with E-state index >= 15 is 0 Å². The van der Waals surface area contributed by atoms with Gasteiger partial charge in [-0.1, -0.05) is 19.1 Å². The Hall–Kier alpha value is -2.04. The summed E-state index contributed by atoms with van der Waals surface area (Å²) in [6, 6.07) is 7.61. The summed E-state index contributed by atoms with van der Waals surface area (Å²) in [7, 11) is 1.62. The molecule has 0 bridgehead atoms. The summed E-state index contributed by atoms with van der Waals surface area (Å²) in [5, 5.41) is 0. The fraction of sp³-hybridized carbons (Fsp3) is 0.556. The van der Waals surface area contributed by atoms with Crippen molar-refractivity contribution >= 4 is 11.8 Å². The van der Waals surface area contributed by atoms with Gasteiger partial charge in [-0.25, -0.2) is 0 Å². The molecule has 126 valence electrons. The van der Waals surface area contributed by atoms with Crippen molar-refractivity contribution in [3.05, 3.63) is 29.8 Å². The molecule has 0 atom stereocenters. The van der Waals surface area contributed by atoms with Crippen LogP contribution in [0.4, 0.5) is 0 Å². The topological polar surface area (TPSA) is 49.9 Å². The first kappa shape index (κ1) is 17.3. The highest BCUT2D eigenvalue weighted by molar-refractivity contribution is 5.79. The average Bonchev–Trinajstić information content (AvgIpc) is 2.81. The van der Waals surface area contributed by atoms with Gasteiger partial charge in [0, 0.05) is 32.6 Å². The minimum Gasteiger partial charge on any atom is -0.497 e. The van der Waals surface area contributed by atoms with E-state index in [1.54, 1.807) is 7.11 Å². The molecular weight excluding hydrogens is 292 g/mol. The van der Waals surface area contributed by atoms with Gasteiger partial charge in [-0.2, -0.15) is 0 Å². The molecule has 1 aromatic carbocycles. The van der Waals surface area contributed by atoms with Crippen molar-refractivity contribution in [2.24, 2.45) is 0 Å². The number of hydrogen-bond donors (Lipinski definition) is 0. The summed E-state index contributed by atoms with van der Waals surface area (Å²) in [6.45, 7) is 4.75. The number of carbonyl (C=O) groups is 2. The second kappa shape index (κ2) is 8.56. The Morgan fingerprint density at radius 1 is 1.09 bits per heavy atom. The van der Waals surface area contributed by atoms with Gasteiger partial charge in [0.25, 0.3) is 0 Å². The molecule has 0 N–H and O–H groups in total. The molecule has 1 aliphatic heterocycles. The van der Waals surface area contributed by atoms with Crippen molar-refractivity contribution in [2.75, 3.05) is 33.3 Å². The Morgan fingerprint density at radius 2 is 1.78 bits per heavy atom. The molecule has 23 heavy (non-hydrogen) atoms. The van der Waals surface area contributed by atoms with Gasteiger partial charge in [0.2, 0.25) is 11.8 Å². The molecular formula is C18H26N2O3. The molecule has 0 aromatic heterocycles. The van der Waals surface area contributed by atoms with E-state index in [1.165, 1.54) is 0 Å². The Bertz CT molecular complexity index is 545. The third-order valence-corrected chi connectivity index (χ3v) is 4.15. The molecule has 0 aliphatic carbocycles. The number of methoxy groups -OCH3 is 1. The van der Waals surface area contributed by atoms with Crippen molar-refractivity contribution in [3.8, 4) is 5.75 Å². The second-order valence-corrected chi connectivity index (χ2v) is 5.89. The van der Waals surface area contributed by atoms with Gasteiger partial charge in [-0.3, -0.25) is 9.59 Å². The number of ether oxygens (including phenoxy) is 1. The largest absolute Gasteiger partial charge is 0.497 e. The standard InChI is InChI=1S/C18H26N2O3/c1-3-6-17(21)19-9-5-10-20(12-11-19)18(22)14-15-7-4-8-16(13-15)23-2/h4,7-8,13H,3,5-6,9-12,14H2,1-2H3. The van der Waals surface area contributed by atoms with E-state index < -0.39 is 0 Å². The van der Waals surface area contributed by atoms with Crippen molar-refractivity contribution in [1.82, 2.24) is 9.80 Å². The van der Waals surface area contributed by atoms with Gasteiger partial charge in [0.05, 0.1) is 13.5 Å². The molecule has 0 spiro atoms. The number of hydrogen-bond acceptors (Lipinski definition) is 3. The minimum absolute atomic E-state index is 0.114. The van der Waals surface area contributed by atoms with E-state index in [-0.39, 0.29) is 11.8 Å². The minimum atomic E-state index is 0.114. The molecule has 1 heterocycles. The fourth-order valence-electron chi connectivity index (χ4n) is 2.86. The summed E-state index contributed by atoms with van der Waals surface area (Å²) in [5.41, 5.74) is 0.956. The Morgan fingerprint density at radius 3 is 2.43 bits per heavy atom. The zero-order valence-corrected chi connectivity index (χ0v) is 14.1. The summed E-state index contributed by atoms with van der Waals surface area (Å²) in [5.74, 6) is 1.08. The zero-order valence-electron chi connectivity index (χ0n) is 14.1. The van der Waals surface area contributed by atoms with Crippen molar-refractivity contribution in [2.45, 2.75) is 32.6 Å². The zero-order chi connectivity index (χ0) is 16.7. The number of benzene rings is 1. The monoisotopic (exact) mass is 318 g/mol. The third kappa shape index (κ3) is 4.98. The second-order valence-electron chi connectivity index (χ2n) is 5.89. The van der Waals surface area contributed by atoms with Crippen molar-refractivity contribution < 1.29 is 14.3 Å². The van der Waals surface area contributed by atoms with E-state index in [2.05, 4.69) is 0 Å². The number of rotatable bonds is 5. The lowest BCUT2D eigenvalue weighted by Gasteiger charge is -2.22. The summed E-state index contributed by atoms with van der Waals surface area (Å²) in [6.07, 6.45) is 2.69. The predicted octanol–water partition coefficient (Wildman–Crippen LogP) is 2.10. The highest BCUT2D eigenvalue weighted by atomic mass is 16.5. The van der Waals surface area contributed by atoms with E-state index in [0.29, 0.717) is 25.9 Å². The average molecular weight is 318 g/mol. The maximum absolute atomic E-state index is 12.5. The molecule has 5 nitrogen and oxygen atoms in total. The van der Waals surface area contributed by atoms with Gasteiger partial charge in [0.1, 0.15) is 5.75 Å². The maximum Gasteiger partial charge on any atom is 0.227 e. The molecule has 2 amide bonds.